The van der Waals surface area contributed by atoms with E-state index in [9.17, 15) is 4.79 Å². The van der Waals surface area contributed by atoms with Gasteiger partial charge in [-0.05, 0) is 59.0 Å². The van der Waals surface area contributed by atoms with Gasteiger partial charge in [0.1, 0.15) is 24.4 Å². The Kier molecular flexibility index (Phi) is 5.62. The number of nitrogens with one attached hydrogen (secondary N) is 1. The van der Waals surface area contributed by atoms with Gasteiger partial charge < -0.3 is 14.8 Å². The summed E-state index contributed by atoms with van der Waals surface area (Å²) in [5.41, 5.74) is 3.60. The first kappa shape index (κ1) is 19.2. The summed E-state index contributed by atoms with van der Waals surface area (Å²) in [6, 6.07) is 9.34. The van der Waals surface area contributed by atoms with Crippen LogP contribution >= 0.6 is 11.6 Å². The molecule has 1 aromatic heterocycles. The second kappa shape index (κ2) is 8.48. The number of benzene rings is 2. The number of carbonyl (C=O) groups is 1. The zero-order chi connectivity index (χ0) is 20.2. The van der Waals surface area contributed by atoms with Gasteiger partial charge in [0.05, 0.1) is 29.9 Å². The highest BCUT2D eigenvalue weighted by molar-refractivity contribution is 6.33. The fourth-order valence-corrected chi connectivity index (χ4v) is 3.65. The molecule has 0 bridgehead atoms. The molecule has 4 rings (SSSR count). The van der Waals surface area contributed by atoms with Crippen molar-refractivity contribution < 1.29 is 14.3 Å². The summed E-state index contributed by atoms with van der Waals surface area (Å²) in [6.45, 7) is 0.717. The SMILES string of the molecule is COc1cc(-n2cnnn2)c(Cl)cc1C(=O)NCCOc1ccc2c(c1)CCC2. The first-order valence-corrected chi connectivity index (χ1v) is 9.67. The Morgan fingerprint density at radius 2 is 2.10 bits per heavy atom. The maximum absolute atomic E-state index is 12.6. The highest BCUT2D eigenvalue weighted by Gasteiger charge is 2.17. The lowest BCUT2D eigenvalue weighted by Gasteiger charge is -2.13. The fraction of sp³-hybridized carbons (Fsp3) is 0.300. The number of amides is 1. The Morgan fingerprint density at radius 1 is 1.24 bits per heavy atom. The third-order valence-electron chi connectivity index (χ3n) is 4.84. The van der Waals surface area contributed by atoms with E-state index in [1.54, 1.807) is 6.07 Å². The Morgan fingerprint density at radius 3 is 2.90 bits per heavy atom. The van der Waals surface area contributed by atoms with Crippen LogP contribution < -0.4 is 14.8 Å². The molecular formula is C20H20ClN5O3. The lowest BCUT2D eigenvalue weighted by Crippen LogP contribution is -2.28. The van der Waals surface area contributed by atoms with Crippen molar-refractivity contribution in [3.63, 3.8) is 0 Å². The van der Waals surface area contributed by atoms with Crippen LogP contribution in [0.5, 0.6) is 11.5 Å². The normalized spacial score (nSPS) is 12.5. The molecule has 9 heteroatoms. The molecule has 0 saturated carbocycles. The first-order valence-electron chi connectivity index (χ1n) is 9.29. The fourth-order valence-electron chi connectivity index (χ4n) is 3.40. The lowest BCUT2D eigenvalue weighted by atomic mass is 10.1. The van der Waals surface area contributed by atoms with Crippen LogP contribution in [0.3, 0.4) is 0 Å². The smallest absolute Gasteiger partial charge is 0.255 e. The van der Waals surface area contributed by atoms with E-state index in [0.717, 1.165) is 18.6 Å². The molecule has 29 heavy (non-hydrogen) atoms. The molecule has 0 spiro atoms. The van der Waals surface area contributed by atoms with Gasteiger partial charge in [-0.2, -0.15) is 4.68 Å². The van der Waals surface area contributed by atoms with Crippen LogP contribution in [-0.2, 0) is 12.8 Å². The van der Waals surface area contributed by atoms with Gasteiger partial charge in [0, 0.05) is 6.07 Å². The van der Waals surface area contributed by atoms with Gasteiger partial charge in [-0.25, -0.2) is 0 Å². The van der Waals surface area contributed by atoms with Crippen molar-refractivity contribution in [2.45, 2.75) is 19.3 Å². The number of aromatic nitrogens is 4. The van der Waals surface area contributed by atoms with Gasteiger partial charge in [-0.1, -0.05) is 17.7 Å². The second-order valence-corrected chi connectivity index (χ2v) is 7.05. The molecule has 3 aromatic rings. The summed E-state index contributed by atoms with van der Waals surface area (Å²) < 4.78 is 12.5. The van der Waals surface area contributed by atoms with E-state index in [-0.39, 0.29) is 5.91 Å². The van der Waals surface area contributed by atoms with E-state index >= 15 is 0 Å². The van der Waals surface area contributed by atoms with Gasteiger partial charge in [-0.15, -0.1) is 5.10 Å². The van der Waals surface area contributed by atoms with E-state index in [1.807, 2.05) is 6.07 Å². The van der Waals surface area contributed by atoms with Crippen molar-refractivity contribution in [1.82, 2.24) is 25.5 Å². The van der Waals surface area contributed by atoms with E-state index < -0.39 is 0 Å². The Hall–Kier alpha value is -3.13. The number of nitrogens with zero attached hydrogens (tertiary/aromatic N) is 4. The largest absolute Gasteiger partial charge is 0.496 e. The zero-order valence-corrected chi connectivity index (χ0v) is 16.6. The molecule has 0 fully saturated rings. The Balaban J connectivity index is 1.37. The maximum atomic E-state index is 12.6. The zero-order valence-electron chi connectivity index (χ0n) is 15.9. The number of halogens is 1. The number of hydrogen-bond donors (Lipinski definition) is 1. The van der Waals surface area contributed by atoms with Crippen molar-refractivity contribution in [3.05, 3.63) is 58.4 Å². The number of ether oxygens (including phenoxy) is 2. The van der Waals surface area contributed by atoms with Gasteiger partial charge in [0.15, 0.2) is 0 Å². The van der Waals surface area contributed by atoms with E-state index in [1.165, 1.54) is 41.7 Å². The third-order valence-corrected chi connectivity index (χ3v) is 5.14. The standard InChI is InChI=1S/C20H20ClN5O3/c1-28-19-11-18(26-12-23-24-25-26)17(21)10-16(19)20(27)22-7-8-29-15-6-5-13-3-2-4-14(13)9-15/h5-6,9-12H,2-4,7-8H2,1H3,(H,22,27). The van der Waals surface area contributed by atoms with E-state index in [2.05, 4.69) is 33.0 Å². The monoisotopic (exact) mass is 413 g/mol. The molecule has 0 atom stereocenters. The minimum atomic E-state index is -0.301. The molecule has 150 valence electrons. The van der Waals surface area contributed by atoms with E-state index in [0.29, 0.717) is 35.2 Å². The topological polar surface area (TPSA) is 91.2 Å². The number of fused-ring (bicyclic) bond motifs is 1. The number of rotatable bonds is 7. The van der Waals surface area contributed by atoms with Crippen molar-refractivity contribution in [2.24, 2.45) is 0 Å². The number of carbonyl (C=O) groups excluding carboxylic acids is 1. The average molecular weight is 414 g/mol. The van der Waals surface area contributed by atoms with Gasteiger partial charge in [0.2, 0.25) is 0 Å². The molecule has 1 N–H and O–H groups in total. The second-order valence-electron chi connectivity index (χ2n) is 6.65. The number of aryl methyl sites for hydroxylation is 2. The van der Waals surface area contributed by atoms with Crippen LogP contribution in [0.25, 0.3) is 5.69 Å². The van der Waals surface area contributed by atoms with Gasteiger partial charge in [0.25, 0.3) is 5.91 Å². The summed E-state index contributed by atoms with van der Waals surface area (Å²) in [6.07, 6.45) is 4.86. The van der Waals surface area contributed by atoms with Crippen LogP contribution in [0.4, 0.5) is 0 Å². The van der Waals surface area contributed by atoms with Crippen molar-refractivity contribution in [3.8, 4) is 17.2 Å². The summed E-state index contributed by atoms with van der Waals surface area (Å²) in [5.74, 6) is 0.896. The minimum absolute atomic E-state index is 0.301. The van der Waals surface area contributed by atoms with Gasteiger partial charge in [-0.3, -0.25) is 4.79 Å². The molecule has 1 aliphatic rings. The van der Waals surface area contributed by atoms with Crippen LogP contribution in [-0.4, -0.2) is 46.4 Å². The van der Waals surface area contributed by atoms with Crippen LogP contribution in [0, 0.1) is 0 Å². The van der Waals surface area contributed by atoms with E-state index in [4.69, 9.17) is 21.1 Å². The molecule has 0 aliphatic heterocycles. The molecule has 2 aromatic carbocycles. The predicted octanol–water partition coefficient (Wildman–Crippen LogP) is 2.62. The number of tetrazole rings is 1. The van der Waals surface area contributed by atoms with Crippen LogP contribution in [0.1, 0.15) is 27.9 Å². The summed E-state index contributed by atoms with van der Waals surface area (Å²) in [5, 5.41) is 14.1. The molecule has 1 heterocycles. The quantitative estimate of drug-likeness (QED) is 0.599. The number of methoxy groups -OCH3 is 1. The summed E-state index contributed by atoms with van der Waals surface area (Å²) in [7, 11) is 1.49. The molecular weight excluding hydrogens is 394 g/mol. The number of hydrogen-bond acceptors (Lipinski definition) is 6. The molecule has 1 aliphatic carbocycles. The highest BCUT2D eigenvalue weighted by Crippen LogP contribution is 2.29. The molecule has 0 radical (unpaired) electrons. The van der Waals surface area contributed by atoms with Crippen LogP contribution in [0.2, 0.25) is 5.02 Å². The van der Waals surface area contributed by atoms with Crippen molar-refractivity contribution in [1.29, 1.82) is 0 Å². The Labute approximate surface area is 172 Å². The molecule has 0 unspecified atom stereocenters. The molecule has 0 saturated heterocycles. The summed E-state index contributed by atoms with van der Waals surface area (Å²) >= 11 is 6.30. The van der Waals surface area contributed by atoms with Crippen LogP contribution in [0.15, 0.2) is 36.7 Å². The minimum Gasteiger partial charge on any atom is -0.496 e. The Bertz CT molecular complexity index is 1020. The van der Waals surface area contributed by atoms with Gasteiger partial charge >= 0.3 is 0 Å². The van der Waals surface area contributed by atoms with Crippen molar-refractivity contribution >= 4 is 17.5 Å². The average Bonchev–Trinajstić information content (AvgIpc) is 3.42. The first-order chi connectivity index (χ1) is 14.2. The lowest BCUT2D eigenvalue weighted by molar-refractivity contribution is 0.0944. The van der Waals surface area contributed by atoms with Crippen molar-refractivity contribution in [2.75, 3.05) is 20.3 Å². The molecule has 8 nitrogen and oxygen atoms in total. The highest BCUT2D eigenvalue weighted by atomic mass is 35.5. The maximum Gasteiger partial charge on any atom is 0.255 e. The molecule has 1 amide bonds. The predicted molar refractivity (Wildman–Crippen MR) is 107 cm³/mol. The third kappa shape index (κ3) is 4.17. The summed E-state index contributed by atoms with van der Waals surface area (Å²) in [4.78, 5) is 12.6.